The Bertz CT molecular complexity index is 185. The van der Waals surface area contributed by atoms with Gasteiger partial charge in [0.05, 0.1) is 0 Å². The monoisotopic (exact) mass is 200 g/mol. The van der Waals surface area contributed by atoms with Crippen LogP contribution >= 0.6 is 11.8 Å². The Hall–Kier alpha value is -0.170. The largest absolute Gasteiger partial charge is 0.271 e. The molecule has 0 aliphatic carbocycles. The fourth-order valence-corrected chi connectivity index (χ4v) is 1.66. The van der Waals surface area contributed by atoms with Crippen molar-refractivity contribution in [1.29, 1.82) is 0 Å². The topological polar surface area (TPSA) is 38.0 Å². The van der Waals surface area contributed by atoms with Gasteiger partial charge in [0.15, 0.2) is 0 Å². The summed E-state index contributed by atoms with van der Waals surface area (Å²) in [7, 11) is 0. The molecule has 0 saturated carbocycles. The lowest BCUT2D eigenvalue weighted by atomic mass is 10.2. The first-order valence-corrected chi connectivity index (χ1v) is 5.48. The van der Waals surface area contributed by atoms with Crippen LogP contribution in [0.3, 0.4) is 0 Å². The van der Waals surface area contributed by atoms with Crippen LogP contribution in [-0.2, 0) is 0 Å². The summed E-state index contributed by atoms with van der Waals surface area (Å²) in [6.45, 7) is 8.47. The van der Waals surface area contributed by atoms with Crippen LogP contribution in [0.25, 0.3) is 0 Å². The van der Waals surface area contributed by atoms with Gasteiger partial charge in [-0.3, -0.25) is 11.3 Å². The molecule has 0 aliphatic rings. The summed E-state index contributed by atoms with van der Waals surface area (Å²) < 4.78 is 0.300. The first-order chi connectivity index (χ1) is 5.99. The summed E-state index contributed by atoms with van der Waals surface area (Å²) in [5, 5.41) is 0. The number of nitrogens with two attached hydrogens (primary N) is 1. The van der Waals surface area contributed by atoms with Crippen molar-refractivity contribution in [2.75, 3.05) is 5.75 Å². The van der Waals surface area contributed by atoms with Gasteiger partial charge in [-0.25, -0.2) is 0 Å². The average Bonchev–Trinajstić information content (AvgIpc) is 2.03. The highest BCUT2D eigenvalue weighted by Crippen LogP contribution is 2.23. The van der Waals surface area contributed by atoms with Gasteiger partial charge < -0.3 is 0 Å². The summed E-state index contributed by atoms with van der Waals surface area (Å²) in [5.41, 5.74) is 2.79. The lowest BCUT2D eigenvalue weighted by Crippen LogP contribution is -2.37. The zero-order valence-corrected chi connectivity index (χ0v) is 9.79. The summed E-state index contributed by atoms with van der Waals surface area (Å²) >= 11 is 1.91. The van der Waals surface area contributed by atoms with Gasteiger partial charge in [0.1, 0.15) is 0 Å². The van der Waals surface area contributed by atoms with Gasteiger partial charge in [-0.1, -0.05) is 20.8 Å². The molecule has 0 bridgehead atoms. The van der Waals surface area contributed by atoms with E-state index in [0.29, 0.717) is 10.8 Å². The standard InChI is InChI=1S/C10H20N2S/c1-5-6-7-9(12-11)8-13-10(2,3)4/h9,12H,7-8,11H2,1-4H3. The van der Waals surface area contributed by atoms with E-state index in [0.717, 1.165) is 12.2 Å². The Morgan fingerprint density at radius 1 is 1.46 bits per heavy atom. The van der Waals surface area contributed by atoms with Crippen LogP contribution < -0.4 is 11.3 Å². The maximum Gasteiger partial charge on any atom is 0.0410 e. The van der Waals surface area contributed by atoms with E-state index < -0.39 is 0 Å². The fourth-order valence-electron chi connectivity index (χ4n) is 0.742. The molecule has 0 aromatic carbocycles. The maximum atomic E-state index is 5.41. The van der Waals surface area contributed by atoms with Crippen molar-refractivity contribution in [2.45, 2.75) is 44.9 Å². The number of rotatable bonds is 4. The third-order valence-electron chi connectivity index (χ3n) is 1.48. The minimum absolute atomic E-state index is 0.300. The zero-order valence-electron chi connectivity index (χ0n) is 8.98. The first-order valence-electron chi connectivity index (χ1n) is 4.49. The van der Waals surface area contributed by atoms with E-state index in [4.69, 9.17) is 5.84 Å². The Morgan fingerprint density at radius 3 is 2.46 bits per heavy atom. The van der Waals surface area contributed by atoms with Crippen molar-refractivity contribution >= 4 is 11.8 Å². The van der Waals surface area contributed by atoms with E-state index in [1.54, 1.807) is 0 Å². The van der Waals surface area contributed by atoms with Crippen LogP contribution in [0.15, 0.2) is 0 Å². The second-order valence-corrected chi connectivity index (χ2v) is 5.76. The van der Waals surface area contributed by atoms with E-state index in [1.165, 1.54) is 0 Å². The van der Waals surface area contributed by atoms with E-state index in [9.17, 15) is 0 Å². The molecule has 1 atom stereocenters. The molecule has 1 unspecified atom stereocenters. The van der Waals surface area contributed by atoms with Crippen molar-refractivity contribution < 1.29 is 0 Å². The molecule has 0 fully saturated rings. The van der Waals surface area contributed by atoms with Gasteiger partial charge in [-0.05, 0) is 6.92 Å². The van der Waals surface area contributed by atoms with E-state index in [-0.39, 0.29) is 0 Å². The number of nitrogens with one attached hydrogen (secondary N) is 1. The molecule has 3 N–H and O–H groups in total. The van der Waals surface area contributed by atoms with Crippen LogP contribution in [0, 0.1) is 11.8 Å². The molecule has 0 heterocycles. The lowest BCUT2D eigenvalue weighted by Gasteiger charge is -2.21. The number of hydrogen-bond donors (Lipinski definition) is 2. The van der Waals surface area contributed by atoms with Crippen molar-refractivity contribution in [2.24, 2.45) is 5.84 Å². The van der Waals surface area contributed by atoms with Gasteiger partial charge in [-0.2, -0.15) is 11.8 Å². The minimum atomic E-state index is 0.300. The second kappa shape index (κ2) is 6.31. The molecule has 0 rings (SSSR count). The van der Waals surface area contributed by atoms with E-state index in [2.05, 4.69) is 38.0 Å². The first kappa shape index (κ1) is 12.8. The molecule has 0 saturated heterocycles. The van der Waals surface area contributed by atoms with Crippen molar-refractivity contribution in [3.8, 4) is 11.8 Å². The number of hydrazine groups is 1. The highest BCUT2D eigenvalue weighted by molar-refractivity contribution is 8.00. The summed E-state index contributed by atoms with van der Waals surface area (Å²) in [5.74, 6) is 12.3. The fraction of sp³-hybridized carbons (Fsp3) is 0.800. The highest BCUT2D eigenvalue weighted by Gasteiger charge is 2.13. The predicted molar refractivity (Wildman–Crippen MR) is 61.4 cm³/mol. The molecule has 0 aromatic rings. The van der Waals surface area contributed by atoms with Crippen LogP contribution in [0.1, 0.15) is 34.1 Å². The Morgan fingerprint density at radius 2 is 2.08 bits per heavy atom. The Balaban J connectivity index is 3.76. The van der Waals surface area contributed by atoms with Crippen LogP contribution in [0.4, 0.5) is 0 Å². The van der Waals surface area contributed by atoms with Crippen molar-refractivity contribution in [3.05, 3.63) is 0 Å². The van der Waals surface area contributed by atoms with Gasteiger partial charge in [-0.15, -0.1) is 11.8 Å². The Labute approximate surface area is 86.0 Å². The zero-order chi connectivity index (χ0) is 10.3. The highest BCUT2D eigenvalue weighted by atomic mass is 32.2. The lowest BCUT2D eigenvalue weighted by molar-refractivity contribution is 0.589. The van der Waals surface area contributed by atoms with Gasteiger partial charge in [0, 0.05) is 23.0 Å². The van der Waals surface area contributed by atoms with Crippen LogP contribution in [0.5, 0.6) is 0 Å². The quantitative estimate of drug-likeness (QED) is 0.412. The second-order valence-electron chi connectivity index (χ2n) is 3.92. The smallest absolute Gasteiger partial charge is 0.0410 e. The van der Waals surface area contributed by atoms with Crippen molar-refractivity contribution in [3.63, 3.8) is 0 Å². The SMILES string of the molecule is CC#CCC(CSC(C)(C)C)NN. The van der Waals surface area contributed by atoms with Crippen LogP contribution in [-0.4, -0.2) is 16.5 Å². The third kappa shape index (κ3) is 8.17. The Kier molecular flexibility index (Phi) is 6.23. The molecule has 3 heteroatoms. The van der Waals surface area contributed by atoms with Gasteiger partial charge in [0.25, 0.3) is 0 Å². The van der Waals surface area contributed by atoms with E-state index >= 15 is 0 Å². The van der Waals surface area contributed by atoms with E-state index in [1.807, 2.05) is 18.7 Å². The predicted octanol–water partition coefficient (Wildman–Crippen LogP) is 1.76. The van der Waals surface area contributed by atoms with Gasteiger partial charge >= 0.3 is 0 Å². The molecule has 76 valence electrons. The molecule has 2 nitrogen and oxygen atoms in total. The van der Waals surface area contributed by atoms with Crippen molar-refractivity contribution in [1.82, 2.24) is 5.43 Å². The van der Waals surface area contributed by atoms with Crippen LogP contribution in [0.2, 0.25) is 0 Å². The maximum absolute atomic E-state index is 5.41. The minimum Gasteiger partial charge on any atom is -0.271 e. The molecule has 13 heavy (non-hydrogen) atoms. The van der Waals surface area contributed by atoms with Gasteiger partial charge in [0.2, 0.25) is 0 Å². The molecule has 0 amide bonds. The summed E-state index contributed by atoms with van der Waals surface area (Å²) in [4.78, 5) is 0. The molecule has 0 radical (unpaired) electrons. The number of thioether (sulfide) groups is 1. The molecule has 0 spiro atoms. The molecule has 0 aliphatic heterocycles. The molecular formula is C10H20N2S. The molecular weight excluding hydrogens is 180 g/mol. The average molecular weight is 200 g/mol. The summed E-state index contributed by atoms with van der Waals surface area (Å²) in [6, 6.07) is 0.302. The summed E-state index contributed by atoms with van der Waals surface area (Å²) in [6.07, 6.45) is 0.829. The molecule has 0 aromatic heterocycles. The normalized spacial score (nSPS) is 13.3. The number of hydrogen-bond acceptors (Lipinski definition) is 3. The third-order valence-corrected chi connectivity index (χ3v) is 2.91.